The Bertz CT molecular complexity index is 327. The summed E-state index contributed by atoms with van der Waals surface area (Å²) in [6, 6.07) is 9.47. The Morgan fingerprint density at radius 2 is 2.06 bits per heavy atom. The Hall–Kier alpha value is -1.39. The number of hydrogen-bond donors (Lipinski definition) is 2. The third-order valence-corrected chi connectivity index (χ3v) is 2.53. The molecule has 0 saturated carbocycles. The molecule has 0 heterocycles. The highest BCUT2D eigenvalue weighted by Gasteiger charge is 2.18. The molecule has 0 spiro atoms. The zero-order chi connectivity index (χ0) is 12.5. The van der Waals surface area contributed by atoms with Gasteiger partial charge in [-0.25, -0.2) is 0 Å². The Morgan fingerprint density at radius 3 is 2.65 bits per heavy atom. The SMILES string of the molecule is NCCC[C@@H](CO)C(=O)OCc1ccccc1. The summed E-state index contributed by atoms with van der Waals surface area (Å²) in [4.78, 5) is 11.6. The van der Waals surface area contributed by atoms with Crippen LogP contribution in [0.4, 0.5) is 0 Å². The van der Waals surface area contributed by atoms with E-state index in [9.17, 15) is 4.79 Å². The number of nitrogens with two attached hydrogens (primary N) is 1. The van der Waals surface area contributed by atoms with Crippen LogP contribution in [-0.4, -0.2) is 24.2 Å². The molecule has 94 valence electrons. The van der Waals surface area contributed by atoms with Crippen LogP contribution in [-0.2, 0) is 16.1 Å². The molecule has 1 atom stereocenters. The van der Waals surface area contributed by atoms with Crippen LogP contribution < -0.4 is 5.73 Å². The fourth-order valence-corrected chi connectivity index (χ4v) is 1.49. The molecule has 1 aromatic carbocycles. The first-order valence-corrected chi connectivity index (χ1v) is 5.79. The number of esters is 1. The van der Waals surface area contributed by atoms with Crippen LogP contribution in [0.15, 0.2) is 30.3 Å². The maximum atomic E-state index is 11.6. The van der Waals surface area contributed by atoms with Crippen molar-refractivity contribution in [3.8, 4) is 0 Å². The van der Waals surface area contributed by atoms with Crippen LogP contribution in [0.3, 0.4) is 0 Å². The number of carbonyl (C=O) groups excluding carboxylic acids is 1. The minimum Gasteiger partial charge on any atom is -0.461 e. The summed E-state index contributed by atoms with van der Waals surface area (Å²) >= 11 is 0. The number of benzene rings is 1. The topological polar surface area (TPSA) is 72.5 Å². The lowest BCUT2D eigenvalue weighted by Crippen LogP contribution is -2.22. The van der Waals surface area contributed by atoms with Crippen molar-refractivity contribution >= 4 is 5.97 Å². The van der Waals surface area contributed by atoms with Crippen LogP contribution in [0.5, 0.6) is 0 Å². The van der Waals surface area contributed by atoms with Crippen LogP contribution >= 0.6 is 0 Å². The average Bonchev–Trinajstić information content (AvgIpc) is 2.38. The number of rotatable bonds is 7. The predicted octanol–water partition coefficient (Wildman–Crippen LogP) is 1.08. The Labute approximate surface area is 101 Å². The van der Waals surface area contributed by atoms with E-state index >= 15 is 0 Å². The highest BCUT2D eigenvalue weighted by atomic mass is 16.5. The molecule has 0 aliphatic carbocycles. The van der Waals surface area contributed by atoms with Crippen molar-refractivity contribution in [1.82, 2.24) is 0 Å². The standard InChI is InChI=1S/C13H19NO3/c14-8-4-7-12(9-15)13(16)17-10-11-5-2-1-3-6-11/h1-3,5-6,12,15H,4,7-10,14H2/t12-/m0/s1. The van der Waals surface area contributed by atoms with Crippen molar-refractivity contribution in [2.75, 3.05) is 13.2 Å². The lowest BCUT2D eigenvalue weighted by Gasteiger charge is -2.13. The first-order valence-electron chi connectivity index (χ1n) is 5.79. The minimum absolute atomic E-state index is 0.187. The van der Waals surface area contributed by atoms with Gasteiger partial charge in [0.1, 0.15) is 6.61 Å². The molecule has 0 amide bonds. The van der Waals surface area contributed by atoms with Gasteiger partial charge in [0, 0.05) is 0 Å². The van der Waals surface area contributed by atoms with E-state index in [4.69, 9.17) is 15.6 Å². The van der Waals surface area contributed by atoms with E-state index in [1.807, 2.05) is 30.3 Å². The molecular formula is C13H19NO3. The summed E-state index contributed by atoms with van der Waals surface area (Å²) in [6.07, 6.45) is 1.28. The molecule has 4 heteroatoms. The molecule has 1 rings (SSSR count). The average molecular weight is 237 g/mol. The van der Waals surface area contributed by atoms with Gasteiger partial charge < -0.3 is 15.6 Å². The van der Waals surface area contributed by atoms with E-state index in [0.717, 1.165) is 5.56 Å². The van der Waals surface area contributed by atoms with Gasteiger partial charge in [0.05, 0.1) is 12.5 Å². The number of aliphatic hydroxyl groups excluding tert-OH is 1. The number of aliphatic hydroxyl groups is 1. The fourth-order valence-electron chi connectivity index (χ4n) is 1.49. The first kappa shape index (κ1) is 13.7. The molecule has 17 heavy (non-hydrogen) atoms. The molecule has 0 aliphatic heterocycles. The molecule has 0 radical (unpaired) electrons. The van der Waals surface area contributed by atoms with E-state index < -0.39 is 5.92 Å². The molecule has 0 saturated heterocycles. The van der Waals surface area contributed by atoms with Gasteiger partial charge in [0.15, 0.2) is 0 Å². The third-order valence-electron chi connectivity index (χ3n) is 2.53. The summed E-state index contributed by atoms with van der Waals surface area (Å²) in [5, 5.41) is 9.08. The van der Waals surface area contributed by atoms with E-state index in [1.54, 1.807) is 0 Å². The molecule has 0 bridgehead atoms. The Morgan fingerprint density at radius 1 is 1.35 bits per heavy atom. The normalized spacial score (nSPS) is 12.1. The van der Waals surface area contributed by atoms with E-state index in [2.05, 4.69) is 0 Å². The van der Waals surface area contributed by atoms with Crippen molar-refractivity contribution in [2.45, 2.75) is 19.4 Å². The molecule has 0 aromatic heterocycles. The molecule has 1 aromatic rings. The van der Waals surface area contributed by atoms with Crippen LogP contribution in [0.1, 0.15) is 18.4 Å². The smallest absolute Gasteiger partial charge is 0.311 e. The van der Waals surface area contributed by atoms with Gasteiger partial charge in [-0.05, 0) is 24.9 Å². The van der Waals surface area contributed by atoms with E-state index in [0.29, 0.717) is 19.4 Å². The third kappa shape index (κ3) is 4.97. The fraction of sp³-hybridized carbons (Fsp3) is 0.462. The van der Waals surface area contributed by atoms with E-state index in [-0.39, 0.29) is 19.2 Å². The maximum absolute atomic E-state index is 11.6. The van der Waals surface area contributed by atoms with Gasteiger partial charge in [-0.3, -0.25) is 4.79 Å². The summed E-state index contributed by atoms with van der Waals surface area (Å²) in [5.41, 5.74) is 6.30. The number of carbonyl (C=O) groups is 1. The predicted molar refractivity (Wildman–Crippen MR) is 65.1 cm³/mol. The minimum atomic E-state index is -0.456. The van der Waals surface area contributed by atoms with Crippen molar-refractivity contribution in [1.29, 1.82) is 0 Å². The second-order valence-electron chi connectivity index (χ2n) is 3.90. The quantitative estimate of drug-likeness (QED) is 0.696. The zero-order valence-corrected chi connectivity index (χ0v) is 9.84. The molecule has 0 fully saturated rings. The van der Waals surface area contributed by atoms with Gasteiger partial charge >= 0.3 is 5.97 Å². The number of hydrogen-bond acceptors (Lipinski definition) is 4. The monoisotopic (exact) mass is 237 g/mol. The lowest BCUT2D eigenvalue weighted by atomic mass is 10.0. The van der Waals surface area contributed by atoms with Crippen molar-refractivity contribution in [2.24, 2.45) is 11.7 Å². The van der Waals surface area contributed by atoms with Gasteiger partial charge in [-0.1, -0.05) is 30.3 Å². The summed E-state index contributed by atoms with van der Waals surface area (Å²) < 4.78 is 5.14. The van der Waals surface area contributed by atoms with E-state index in [1.165, 1.54) is 0 Å². The molecule has 4 nitrogen and oxygen atoms in total. The Kier molecular flexibility index (Phi) is 6.29. The van der Waals surface area contributed by atoms with Gasteiger partial charge in [0.2, 0.25) is 0 Å². The molecule has 0 unspecified atom stereocenters. The van der Waals surface area contributed by atoms with Gasteiger partial charge in [-0.15, -0.1) is 0 Å². The summed E-state index contributed by atoms with van der Waals surface area (Å²) in [7, 11) is 0. The highest BCUT2D eigenvalue weighted by Crippen LogP contribution is 2.09. The van der Waals surface area contributed by atoms with Gasteiger partial charge in [-0.2, -0.15) is 0 Å². The molecule has 3 N–H and O–H groups in total. The second kappa shape index (κ2) is 7.81. The highest BCUT2D eigenvalue weighted by molar-refractivity contribution is 5.72. The second-order valence-corrected chi connectivity index (χ2v) is 3.90. The first-order chi connectivity index (χ1) is 8.27. The summed E-state index contributed by atoms with van der Waals surface area (Å²) in [5.74, 6) is -0.813. The largest absolute Gasteiger partial charge is 0.461 e. The lowest BCUT2D eigenvalue weighted by molar-refractivity contribution is -0.151. The summed E-state index contributed by atoms with van der Waals surface area (Å²) in [6.45, 7) is 0.578. The van der Waals surface area contributed by atoms with Crippen LogP contribution in [0.2, 0.25) is 0 Å². The molecular weight excluding hydrogens is 218 g/mol. The zero-order valence-electron chi connectivity index (χ0n) is 9.84. The van der Waals surface area contributed by atoms with Crippen LogP contribution in [0.25, 0.3) is 0 Å². The number of ether oxygens (including phenoxy) is 1. The van der Waals surface area contributed by atoms with Gasteiger partial charge in [0.25, 0.3) is 0 Å². The van der Waals surface area contributed by atoms with Crippen molar-refractivity contribution in [3.63, 3.8) is 0 Å². The maximum Gasteiger partial charge on any atom is 0.311 e. The van der Waals surface area contributed by atoms with Crippen LogP contribution in [0, 0.1) is 5.92 Å². The van der Waals surface area contributed by atoms with Crippen molar-refractivity contribution < 1.29 is 14.6 Å². The Balaban J connectivity index is 2.37. The molecule has 0 aliphatic rings. The van der Waals surface area contributed by atoms with Crippen molar-refractivity contribution in [3.05, 3.63) is 35.9 Å².